The van der Waals surface area contributed by atoms with Crippen molar-refractivity contribution >= 4 is 32.7 Å². The van der Waals surface area contributed by atoms with E-state index in [4.69, 9.17) is 5.11 Å². The number of aliphatic carboxylic acids is 1. The van der Waals surface area contributed by atoms with Crippen LogP contribution in [0.1, 0.15) is 5.56 Å². The number of alkyl halides is 1. The number of rotatable bonds is 3. The van der Waals surface area contributed by atoms with E-state index in [-0.39, 0.29) is 0 Å². The van der Waals surface area contributed by atoms with Crippen molar-refractivity contribution in [3.63, 3.8) is 0 Å². The van der Waals surface area contributed by atoms with Crippen molar-refractivity contribution in [3.8, 4) is 0 Å². The van der Waals surface area contributed by atoms with Crippen LogP contribution in [0.25, 0.3) is 10.8 Å². The highest BCUT2D eigenvalue weighted by Crippen LogP contribution is 2.21. The number of benzene rings is 2. The van der Waals surface area contributed by atoms with Crippen LogP contribution in [0.2, 0.25) is 0 Å². The molecular weight excluding hydrogens is 268 g/mol. The summed E-state index contributed by atoms with van der Waals surface area (Å²) in [6, 6.07) is 14.0. The predicted octanol–water partition coefficient (Wildman–Crippen LogP) is 3.23. The van der Waals surface area contributed by atoms with Gasteiger partial charge in [-0.3, -0.25) is 4.79 Å². The quantitative estimate of drug-likeness (QED) is 0.876. The minimum absolute atomic E-state index is 0.497. The molecule has 82 valence electrons. The number of hydrogen-bond donors (Lipinski definition) is 1. The third-order valence-corrected chi connectivity index (χ3v) is 3.26. The van der Waals surface area contributed by atoms with E-state index in [1.807, 2.05) is 42.5 Å². The molecule has 0 bridgehead atoms. The molecule has 2 nitrogen and oxygen atoms in total. The van der Waals surface area contributed by atoms with Crippen LogP contribution >= 0.6 is 15.9 Å². The normalized spacial score (nSPS) is 12.6. The first-order chi connectivity index (χ1) is 7.68. The molecule has 0 heterocycles. The summed E-state index contributed by atoms with van der Waals surface area (Å²) in [6.45, 7) is 0. The summed E-state index contributed by atoms with van der Waals surface area (Å²) in [5, 5.41) is 11.1. The van der Waals surface area contributed by atoms with Gasteiger partial charge < -0.3 is 5.11 Å². The van der Waals surface area contributed by atoms with Gasteiger partial charge in [0.05, 0.1) is 0 Å². The van der Waals surface area contributed by atoms with E-state index in [1.165, 1.54) is 0 Å². The summed E-state index contributed by atoms with van der Waals surface area (Å²) >= 11 is 3.17. The lowest BCUT2D eigenvalue weighted by Crippen LogP contribution is -2.15. The van der Waals surface area contributed by atoms with Gasteiger partial charge in [-0.1, -0.05) is 58.4 Å². The highest BCUT2D eigenvalue weighted by Gasteiger charge is 2.14. The average molecular weight is 279 g/mol. The van der Waals surface area contributed by atoms with Gasteiger partial charge in [-0.05, 0) is 22.8 Å². The molecule has 2 rings (SSSR count). The van der Waals surface area contributed by atoms with Crippen LogP contribution in [0, 0.1) is 0 Å². The Kier molecular flexibility index (Phi) is 3.25. The van der Waals surface area contributed by atoms with Crippen molar-refractivity contribution in [1.82, 2.24) is 0 Å². The van der Waals surface area contributed by atoms with Gasteiger partial charge >= 0.3 is 5.97 Å². The molecule has 3 heteroatoms. The average Bonchev–Trinajstić information content (AvgIpc) is 2.29. The number of hydrogen-bond acceptors (Lipinski definition) is 1. The van der Waals surface area contributed by atoms with Gasteiger partial charge in [0, 0.05) is 0 Å². The molecule has 16 heavy (non-hydrogen) atoms. The first-order valence-electron chi connectivity index (χ1n) is 5.02. The summed E-state index contributed by atoms with van der Waals surface area (Å²) in [4.78, 5) is 10.3. The Morgan fingerprint density at radius 3 is 2.62 bits per heavy atom. The predicted molar refractivity (Wildman–Crippen MR) is 68.0 cm³/mol. The summed E-state index contributed by atoms with van der Waals surface area (Å²) in [5.74, 6) is -0.826. The molecular formula is C13H11BrO2. The Balaban J connectivity index is 2.41. The second kappa shape index (κ2) is 4.66. The zero-order valence-electron chi connectivity index (χ0n) is 8.56. The molecule has 0 aliphatic rings. The molecule has 0 aromatic heterocycles. The number of carbonyl (C=O) groups is 1. The van der Waals surface area contributed by atoms with Gasteiger partial charge in [-0.15, -0.1) is 0 Å². The fourth-order valence-electron chi connectivity index (χ4n) is 1.75. The van der Waals surface area contributed by atoms with Crippen LogP contribution in [0.5, 0.6) is 0 Å². The standard InChI is InChI=1S/C13H11BrO2/c14-12(13(15)16)8-10-6-3-5-9-4-1-2-7-11(9)10/h1-7,12H,8H2,(H,15,16)/t12-/m1/s1. The maximum atomic E-state index is 10.8. The maximum Gasteiger partial charge on any atom is 0.317 e. The van der Waals surface area contributed by atoms with Crippen molar-refractivity contribution < 1.29 is 9.90 Å². The minimum Gasteiger partial charge on any atom is -0.480 e. The molecule has 0 aliphatic carbocycles. The summed E-state index contributed by atoms with van der Waals surface area (Å²) in [6.07, 6.45) is 0.497. The maximum absolute atomic E-state index is 10.8. The Morgan fingerprint density at radius 1 is 1.19 bits per heavy atom. The fourth-order valence-corrected chi connectivity index (χ4v) is 2.10. The van der Waals surface area contributed by atoms with Crippen molar-refractivity contribution in [1.29, 1.82) is 0 Å². The number of carboxylic acid groups (broad SMARTS) is 1. The molecule has 1 atom stereocenters. The van der Waals surface area contributed by atoms with Gasteiger partial charge in [0.1, 0.15) is 4.83 Å². The molecule has 0 aliphatic heterocycles. The summed E-state index contributed by atoms with van der Waals surface area (Å²) in [5.41, 5.74) is 1.06. The highest BCUT2D eigenvalue weighted by molar-refractivity contribution is 9.10. The molecule has 0 saturated heterocycles. The second-order valence-corrected chi connectivity index (χ2v) is 4.75. The van der Waals surface area contributed by atoms with Gasteiger partial charge in [0.25, 0.3) is 0 Å². The van der Waals surface area contributed by atoms with Crippen molar-refractivity contribution in [2.45, 2.75) is 11.2 Å². The number of fused-ring (bicyclic) bond motifs is 1. The molecule has 0 unspecified atom stereocenters. The van der Waals surface area contributed by atoms with Gasteiger partial charge in [0.15, 0.2) is 0 Å². The molecule has 1 N–H and O–H groups in total. The minimum atomic E-state index is -0.826. The molecule has 0 amide bonds. The smallest absolute Gasteiger partial charge is 0.317 e. The molecule has 2 aromatic carbocycles. The molecule has 0 fully saturated rings. The molecule has 0 spiro atoms. The Hall–Kier alpha value is -1.35. The summed E-state index contributed by atoms with van der Waals surface area (Å²) in [7, 11) is 0. The van der Waals surface area contributed by atoms with E-state index in [9.17, 15) is 4.79 Å². The van der Waals surface area contributed by atoms with E-state index < -0.39 is 10.8 Å². The van der Waals surface area contributed by atoms with Crippen molar-refractivity contribution in [2.75, 3.05) is 0 Å². The third kappa shape index (κ3) is 2.25. The fraction of sp³-hybridized carbons (Fsp3) is 0.154. The first kappa shape index (κ1) is 11.1. The van der Waals surface area contributed by atoms with E-state index in [1.54, 1.807) is 0 Å². The zero-order valence-corrected chi connectivity index (χ0v) is 10.1. The Bertz CT molecular complexity index is 517. The molecule has 2 aromatic rings. The van der Waals surface area contributed by atoms with Crippen LogP contribution in [-0.4, -0.2) is 15.9 Å². The van der Waals surface area contributed by atoms with Crippen LogP contribution < -0.4 is 0 Å². The topological polar surface area (TPSA) is 37.3 Å². The van der Waals surface area contributed by atoms with E-state index in [0.717, 1.165) is 16.3 Å². The number of carboxylic acids is 1. The van der Waals surface area contributed by atoms with E-state index >= 15 is 0 Å². The lowest BCUT2D eigenvalue weighted by atomic mass is 10.0. The summed E-state index contributed by atoms with van der Waals surface area (Å²) < 4.78 is 0. The Labute approximate surface area is 102 Å². The van der Waals surface area contributed by atoms with Crippen LogP contribution in [0.4, 0.5) is 0 Å². The monoisotopic (exact) mass is 278 g/mol. The van der Waals surface area contributed by atoms with Crippen LogP contribution in [0.15, 0.2) is 42.5 Å². The number of halogens is 1. The van der Waals surface area contributed by atoms with E-state index in [0.29, 0.717) is 6.42 Å². The SMILES string of the molecule is O=C(O)[C@H](Br)Cc1cccc2ccccc12. The highest BCUT2D eigenvalue weighted by atomic mass is 79.9. The molecule has 0 saturated carbocycles. The lowest BCUT2D eigenvalue weighted by Gasteiger charge is -2.08. The zero-order chi connectivity index (χ0) is 11.5. The second-order valence-electron chi connectivity index (χ2n) is 3.65. The van der Waals surface area contributed by atoms with Gasteiger partial charge in [0.2, 0.25) is 0 Å². The van der Waals surface area contributed by atoms with Crippen molar-refractivity contribution in [3.05, 3.63) is 48.0 Å². The lowest BCUT2D eigenvalue weighted by molar-refractivity contribution is -0.136. The van der Waals surface area contributed by atoms with Gasteiger partial charge in [-0.2, -0.15) is 0 Å². The van der Waals surface area contributed by atoms with Gasteiger partial charge in [-0.25, -0.2) is 0 Å². The van der Waals surface area contributed by atoms with E-state index in [2.05, 4.69) is 15.9 Å². The largest absolute Gasteiger partial charge is 0.480 e. The van der Waals surface area contributed by atoms with Crippen LogP contribution in [-0.2, 0) is 11.2 Å². The third-order valence-electron chi connectivity index (χ3n) is 2.55. The first-order valence-corrected chi connectivity index (χ1v) is 5.93. The Morgan fingerprint density at radius 2 is 1.88 bits per heavy atom. The van der Waals surface area contributed by atoms with Crippen molar-refractivity contribution in [2.24, 2.45) is 0 Å². The molecule has 0 radical (unpaired) electrons. The van der Waals surface area contributed by atoms with Crippen LogP contribution in [0.3, 0.4) is 0 Å².